The molecule has 3 fully saturated rings. The van der Waals surface area contributed by atoms with E-state index >= 15 is 0 Å². The molecule has 1 amide bonds. The Morgan fingerprint density at radius 3 is 2.88 bits per heavy atom. The second-order valence-electron chi connectivity index (χ2n) is 8.81. The van der Waals surface area contributed by atoms with E-state index in [1.54, 1.807) is 11.3 Å². The molecule has 5 nitrogen and oxygen atoms in total. The summed E-state index contributed by atoms with van der Waals surface area (Å²) in [5.41, 5.74) is 3.24. The number of thiophene rings is 1. The Morgan fingerprint density at radius 2 is 2.12 bits per heavy atom. The molecule has 2 aromatic heterocycles. The van der Waals surface area contributed by atoms with E-state index in [0.29, 0.717) is 24.3 Å². The van der Waals surface area contributed by atoms with Gasteiger partial charge in [0.2, 0.25) is 5.91 Å². The van der Waals surface area contributed by atoms with Crippen LogP contribution in [-0.4, -0.2) is 46.5 Å². The van der Waals surface area contributed by atoms with E-state index in [0.717, 1.165) is 58.2 Å². The predicted octanol–water partition coefficient (Wildman–Crippen LogP) is 4.81. The van der Waals surface area contributed by atoms with Gasteiger partial charge in [-0.1, -0.05) is 40.2 Å². The first-order valence-electron chi connectivity index (χ1n) is 11.2. The van der Waals surface area contributed by atoms with Crippen LogP contribution in [0.4, 0.5) is 0 Å². The van der Waals surface area contributed by atoms with Crippen molar-refractivity contribution < 1.29 is 4.79 Å². The van der Waals surface area contributed by atoms with Crippen molar-refractivity contribution in [2.24, 2.45) is 5.92 Å². The first kappa shape index (κ1) is 21.7. The zero-order valence-corrected chi connectivity index (χ0v) is 20.5. The van der Waals surface area contributed by atoms with E-state index < -0.39 is 0 Å². The van der Waals surface area contributed by atoms with Gasteiger partial charge in [-0.25, -0.2) is 9.97 Å². The molecule has 3 saturated heterocycles. The zero-order valence-electron chi connectivity index (χ0n) is 18.1. The lowest BCUT2D eigenvalue weighted by atomic mass is 9.74. The number of benzene rings is 1. The third kappa shape index (κ3) is 4.65. The van der Waals surface area contributed by atoms with Crippen LogP contribution < -0.4 is 5.32 Å². The molecule has 6 rings (SSSR count). The van der Waals surface area contributed by atoms with Gasteiger partial charge in [-0.3, -0.25) is 9.69 Å². The van der Waals surface area contributed by atoms with Crippen molar-refractivity contribution in [1.82, 2.24) is 20.2 Å². The van der Waals surface area contributed by atoms with Gasteiger partial charge in [0, 0.05) is 45.7 Å². The third-order valence-electron chi connectivity index (χ3n) is 6.72. The summed E-state index contributed by atoms with van der Waals surface area (Å²) in [4.78, 5) is 25.6. The SMILES string of the molecule is Cc1nc(-c2ccccc2Br)cc(C2CN3CCC2CC3CNC(=O)Cc2cccs2)n1. The van der Waals surface area contributed by atoms with Crippen molar-refractivity contribution in [1.29, 1.82) is 0 Å². The van der Waals surface area contributed by atoms with Gasteiger partial charge in [-0.2, -0.15) is 0 Å². The summed E-state index contributed by atoms with van der Waals surface area (Å²) in [6.07, 6.45) is 2.78. The van der Waals surface area contributed by atoms with Crippen molar-refractivity contribution in [2.75, 3.05) is 19.6 Å². The summed E-state index contributed by atoms with van der Waals surface area (Å²) < 4.78 is 1.05. The number of carbonyl (C=O) groups excluding carboxylic acids is 1. The minimum atomic E-state index is 0.121. The number of aromatic nitrogens is 2. The van der Waals surface area contributed by atoms with Crippen LogP contribution in [-0.2, 0) is 11.2 Å². The average Bonchev–Trinajstić information content (AvgIpc) is 3.31. The molecule has 4 atom stereocenters. The van der Waals surface area contributed by atoms with Crippen LogP contribution >= 0.6 is 27.3 Å². The van der Waals surface area contributed by atoms with Crippen LogP contribution in [0.2, 0.25) is 0 Å². The van der Waals surface area contributed by atoms with Crippen LogP contribution in [0.25, 0.3) is 11.3 Å². The molecule has 7 heteroatoms. The van der Waals surface area contributed by atoms with Gasteiger partial charge >= 0.3 is 0 Å². The lowest BCUT2D eigenvalue weighted by molar-refractivity contribution is -0.120. The standard InChI is InChI=1S/C25H27BrN4OS/c1-16-28-23(20-6-2-3-7-22(20)26)13-24(29-16)21-15-30-9-8-17(21)11-18(30)14-27-25(31)12-19-5-4-10-32-19/h2-7,10,13,17-18,21H,8-9,11-12,14-15H2,1H3,(H,27,31). The maximum atomic E-state index is 12.3. The highest BCUT2D eigenvalue weighted by atomic mass is 79.9. The van der Waals surface area contributed by atoms with Crippen LogP contribution in [0.3, 0.4) is 0 Å². The Labute approximate surface area is 201 Å². The van der Waals surface area contributed by atoms with Crippen molar-refractivity contribution in [3.05, 3.63) is 68.7 Å². The van der Waals surface area contributed by atoms with Gasteiger partial charge in [-0.05, 0) is 55.8 Å². The highest BCUT2D eigenvalue weighted by Crippen LogP contribution is 2.42. The minimum Gasteiger partial charge on any atom is -0.354 e. The average molecular weight is 511 g/mol. The lowest BCUT2D eigenvalue weighted by Crippen LogP contribution is -2.56. The summed E-state index contributed by atoms with van der Waals surface area (Å²) in [5.74, 6) is 1.96. The normalized spacial score (nSPS) is 24.4. The van der Waals surface area contributed by atoms with Gasteiger partial charge in [0.1, 0.15) is 5.82 Å². The second-order valence-corrected chi connectivity index (χ2v) is 10.7. The van der Waals surface area contributed by atoms with E-state index in [2.05, 4.69) is 44.3 Å². The van der Waals surface area contributed by atoms with Crippen LogP contribution in [0.1, 0.15) is 35.2 Å². The molecule has 0 spiro atoms. The number of piperidine rings is 3. The Hall–Kier alpha value is -2.09. The number of hydrogen-bond donors (Lipinski definition) is 1. The summed E-state index contributed by atoms with van der Waals surface area (Å²) in [6, 6.07) is 14.8. The molecule has 4 unspecified atom stereocenters. The first-order valence-corrected chi connectivity index (χ1v) is 12.9. The summed E-state index contributed by atoms with van der Waals surface area (Å²) in [6.45, 7) is 4.82. The molecule has 5 heterocycles. The number of aryl methyl sites for hydroxylation is 1. The van der Waals surface area contributed by atoms with E-state index in [1.807, 2.05) is 36.6 Å². The molecule has 3 aromatic rings. The molecule has 1 aromatic carbocycles. The second kappa shape index (κ2) is 9.41. The fraction of sp³-hybridized carbons (Fsp3) is 0.400. The molecule has 1 N–H and O–H groups in total. The number of fused-ring (bicyclic) bond motifs is 3. The fourth-order valence-corrected chi connectivity index (χ4v) is 6.33. The first-order chi connectivity index (χ1) is 15.6. The van der Waals surface area contributed by atoms with Crippen LogP contribution in [0.15, 0.2) is 52.3 Å². The van der Waals surface area contributed by atoms with Gasteiger partial charge in [0.05, 0.1) is 12.1 Å². The summed E-state index contributed by atoms with van der Waals surface area (Å²) in [5, 5.41) is 5.19. The Bertz CT molecular complexity index is 1100. The number of nitrogens with zero attached hydrogens (tertiary/aromatic N) is 3. The maximum Gasteiger partial charge on any atom is 0.225 e. The van der Waals surface area contributed by atoms with Crippen molar-refractivity contribution >= 4 is 33.2 Å². The Balaban J connectivity index is 1.27. The highest BCUT2D eigenvalue weighted by molar-refractivity contribution is 9.10. The molecule has 0 saturated carbocycles. The number of hydrogen-bond acceptors (Lipinski definition) is 5. The van der Waals surface area contributed by atoms with Gasteiger partial charge in [0.15, 0.2) is 0 Å². The van der Waals surface area contributed by atoms with Gasteiger partial charge in [-0.15, -0.1) is 11.3 Å². The number of carbonyl (C=O) groups is 1. The highest BCUT2D eigenvalue weighted by Gasteiger charge is 2.41. The summed E-state index contributed by atoms with van der Waals surface area (Å²) >= 11 is 5.30. The quantitative estimate of drug-likeness (QED) is 0.516. The Kier molecular flexibility index (Phi) is 6.40. The monoisotopic (exact) mass is 510 g/mol. The van der Waals surface area contributed by atoms with Gasteiger partial charge in [0.25, 0.3) is 0 Å². The molecular weight excluding hydrogens is 484 g/mol. The zero-order chi connectivity index (χ0) is 22.1. The van der Waals surface area contributed by atoms with Crippen LogP contribution in [0.5, 0.6) is 0 Å². The van der Waals surface area contributed by atoms with Crippen molar-refractivity contribution in [3.63, 3.8) is 0 Å². The Morgan fingerprint density at radius 1 is 1.25 bits per heavy atom. The van der Waals surface area contributed by atoms with E-state index in [1.165, 1.54) is 6.42 Å². The number of halogens is 1. The minimum absolute atomic E-state index is 0.121. The predicted molar refractivity (Wildman–Crippen MR) is 132 cm³/mol. The van der Waals surface area contributed by atoms with Crippen molar-refractivity contribution in [2.45, 2.75) is 38.1 Å². The number of amides is 1. The van der Waals surface area contributed by atoms with E-state index in [-0.39, 0.29) is 5.91 Å². The molecule has 3 aliphatic rings. The fourth-order valence-electron chi connectivity index (χ4n) is 5.14. The number of rotatable bonds is 6. The van der Waals surface area contributed by atoms with Crippen LogP contribution in [0, 0.1) is 12.8 Å². The lowest BCUT2D eigenvalue weighted by Gasteiger charge is -2.49. The molecule has 0 aliphatic carbocycles. The molecule has 166 valence electrons. The van der Waals surface area contributed by atoms with E-state index in [4.69, 9.17) is 9.97 Å². The van der Waals surface area contributed by atoms with Crippen molar-refractivity contribution in [3.8, 4) is 11.3 Å². The van der Waals surface area contributed by atoms with Gasteiger partial charge < -0.3 is 5.32 Å². The summed E-state index contributed by atoms with van der Waals surface area (Å²) in [7, 11) is 0. The molecular formula is C25H27BrN4OS. The largest absolute Gasteiger partial charge is 0.354 e. The topological polar surface area (TPSA) is 58.1 Å². The maximum absolute atomic E-state index is 12.3. The molecule has 2 bridgehead atoms. The van der Waals surface area contributed by atoms with E-state index in [9.17, 15) is 4.79 Å². The smallest absolute Gasteiger partial charge is 0.225 e. The third-order valence-corrected chi connectivity index (χ3v) is 8.28. The number of nitrogens with one attached hydrogen (secondary N) is 1. The molecule has 3 aliphatic heterocycles. The molecule has 32 heavy (non-hydrogen) atoms. The molecule has 0 radical (unpaired) electrons.